The standard InChI is InChI=1S/C20H14ClF3N8O/c1-19(33,30-18-11(7-25)17(26)28-9-29-18)13-6-15-27-8-14(21)32(15)31-16(13)10-4-2-3-5-12(10)20(22,23)24/h2-6,8-9,33H,1H3,(H3,26,28,29,30)/t19-/m1/s1. The fraction of sp³-hybridized carbons (Fsp3) is 0.150. The van der Waals surface area contributed by atoms with Crippen LogP contribution in [0.4, 0.5) is 24.8 Å². The van der Waals surface area contributed by atoms with Gasteiger partial charge in [-0.3, -0.25) is 0 Å². The molecule has 0 fully saturated rings. The Morgan fingerprint density at radius 1 is 1.18 bits per heavy atom. The zero-order valence-corrected chi connectivity index (χ0v) is 17.5. The largest absolute Gasteiger partial charge is 0.417 e. The smallest absolute Gasteiger partial charge is 0.382 e. The van der Waals surface area contributed by atoms with Crippen LogP contribution < -0.4 is 11.1 Å². The first kappa shape index (κ1) is 22.3. The Hall–Kier alpha value is -3.95. The molecule has 1 aromatic carbocycles. The summed E-state index contributed by atoms with van der Waals surface area (Å²) in [6.45, 7) is 1.27. The fourth-order valence-electron chi connectivity index (χ4n) is 3.30. The third-order valence-electron chi connectivity index (χ3n) is 4.81. The predicted octanol–water partition coefficient (Wildman–Crippen LogP) is 3.59. The van der Waals surface area contributed by atoms with Gasteiger partial charge in [-0.25, -0.2) is 19.5 Å². The molecule has 0 amide bonds. The molecule has 33 heavy (non-hydrogen) atoms. The first-order valence-electron chi connectivity index (χ1n) is 9.25. The number of nitrogens with two attached hydrogens (primary N) is 1. The number of nitriles is 1. The van der Waals surface area contributed by atoms with E-state index in [1.54, 1.807) is 0 Å². The molecule has 0 aliphatic carbocycles. The number of benzene rings is 1. The highest BCUT2D eigenvalue weighted by Crippen LogP contribution is 2.40. The van der Waals surface area contributed by atoms with Crippen molar-refractivity contribution in [1.82, 2.24) is 24.6 Å². The molecule has 0 unspecified atom stereocenters. The van der Waals surface area contributed by atoms with Gasteiger partial charge in [-0.05, 0) is 19.1 Å². The Balaban J connectivity index is 1.97. The second kappa shape index (κ2) is 7.88. The summed E-state index contributed by atoms with van der Waals surface area (Å²) in [6.07, 6.45) is -2.35. The maximum Gasteiger partial charge on any atom is 0.417 e. The minimum absolute atomic E-state index is 0.0604. The third kappa shape index (κ3) is 3.99. The van der Waals surface area contributed by atoms with E-state index in [4.69, 9.17) is 17.3 Å². The molecule has 0 saturated carbocycles. The number of nitrogens with zero attached hydrogens (tertiary/aromatic N) is 6. The van der Waals surface area contributed by atoms with E-state index in [9.17, 15) is 23.5 Å². The number of hydrogen-bond acceptors (Lipinski definition) is 8. The second-order valence-corrected chi connectivity index (χ2v) is 7.48. The van der Waals surface area contributed by atoms with Gasteiger partial charge in [-0.2, -0.15) is 23.5 Å². The van der Waals surface area contributed by atoms with Crippen LogP contribution in [0.2, 0.25) is 5.15 Å². The number of aliphatic hydroxyl groups is 1. The predicted molar refractivity (Wildman–Crippen MR) is 113 cm³/mol. The lowest BCUT2D eigenvalue weighted by Gasteiger charge is -2.28. The average molecular weight is 475 g/mol. The molecule has 0 spiro atoms. The van der Waals surface area contributed by atoms with Crippen molar-refractivity contribution in [1.29, 1.82) is 5.26 Å². The molecular weight excluding hydrogens is 461 g/mol. The van der Waals surface area contributed by atoms with Crippen LogP contribution in [0.5, 0.6) is 0 Å². The molecule has 168 valence electrons. The van der Waals surface area contributed by atoms with Crippen LogP contribution in [0.3, 0.4) is 0 Å². The summed E-state index contributed by atoms with van der Waals surface area (Å²) in [6, 6.07) is 7.95. The lowest BCUT2D eigenvalue weighted by Crippen LogP contribution is -2.34. The molecule has 0 bridgehead atoms. The number of halogens is 4. The number of aromatic nitrogens is 5. The van der Waals surface area contributed by atoms with E-state index in [-0.39, 0.29) is 44.8 Å². The van der Waals surface area contributed by atoms with Crippen molar-refractivity contribution >= 4 is 28.9 Å². The summed E-state index contributed by atoms with van der Waals surface area (Å²) < 4.78 is 42.4. The van der Waals surface area contributed by atoms with E-state index < -0.39 is 17.5 Å². The molecule has 4 aromatic rings. The fourth-order valence-corrected chi connectivity index (χ4v) is 3.47. The molecule has 1 atom stereocenters. The highest BCUT2D eigenvalue weighted by atomic mass is 35.5. The molecule has 0 aliphatic heterocycles. The summed E-state index contributed by atoms with van der Waals surface area (Å²) in [7, 11) is 0. The summed E-state index contributed by atoms with van der Waals surface area (Å²) in [5.41, 5.74) is 2.10. The van der Waals surface area contributed by atoms with Gasteiger partial charge in [0.2, 0.25) is 0 Å². The third-order valence-corrected chi connectivity index (χ3v) is 5.07. The van der Waals surface area contributed by atoms with Crippen LogP contribution in [0.25, 0.3) is 16.9 Å². The number of fused-ring (bicyclic) bond motifs is 1. The van der Waals surface area contributed by atoms with E-state index in [2.05, 4.69) is 25.4 Å². The second-order valence-electron chi connectivity index (χ2n) is 7.09. The zero-order valence-electron chi connectivity index (χ0n) is 16.8. The maximum absolute atomic E-state index is 13.8. The van der Waals surface area contributed by atoms with Gasteiger partial charge < -0.3 is 16.2 Å². The van der Waals surface area contributed by atoms with Crippen LogP contribution in [0, 0.1) is 11.3 Å². The van der Waals surface area contributed by atoms with Crippen molar-refractivity contribution in [2.75, 3.05) is 11.1 Å². The number of alkyl halides is 3. The molecule has 3 heterocycles. The van der Waals surface area contributed by atoms with Crippen LogP contribution in [0.15, 0.2) is 42.9 Å². The van der Waals surface area contributed by atoms with E-state index in [0.29, 0.717) is 0 Å². The topological polar surface area (TPSA) is 138 Å². The Kier molecular flexibility index (Phi) is 5.31. The number of anilines is 2. The zero-order chi connectivity index (χ0) is 24.0. The normalized spacial score (nSPS) is 13.5. The minimum Gasteiger partial charge on any atom is -0.382 e. The van der Waals surface area contributed by atoms with Gasteiger partial charge in [0.1, 0.15) is 29.5 Å². The average Bonchev–Trinajstić information content (AvgIpc) is 3.12. The quantitative estimate of drug-likeness (QED) is 0.381. The molecule has 0 saturated heterocycles. The molecule has 0 aliphatic rings. The van der Waals surface area contributed by atoms with E-state index in [0.717, 1.165) is 16.9 Å². The highest BCUT2D eigenvalue weighted by molar-refractivity contribution is 6.29. The first-order chi connectivity index (χ1) is 15.5. The van der Waals surface area contributed by atoms with Crippen molar-refractivity contribution in [2.24, 2.45) is 0 Å². The summed E-state index contributed by atoms with van der Waals surface area (Å²) in [5.74, 6) is -0.256. The summed E-state index contributed by atoms with van der Waals surface area (Å²) in [4.78, 5) is 11.7. The minimum atomic E-state index is -4.70. The Labute approximate surface area is 189 Å². The van der Waals surface area contributed by atoms with Gasteiger partial charge in [0.15, 0.2) is 22.3 Å². The van der Waals surface area contributed by atoms with E-state index in [1.165, 1.54) is 37.4 Å². The Morgan fingerprint density at radius 2 is 1.91 bits per heavy atom. The molecular formula is C20H14ClF3N8O. The van der Waals surface area contributed by atoms with E-state index in [1.807, 2.05) is 6.07 Å². The number of hydrogen-bond donors (Lipinski definition) is 3. The molecule has 3 aromatic heterocycles. The van der Waals surface area contributed by atoms with Crippen molar-refractivity contribution in [3.05, 3.63) is 64.7 Å². The van der Waals surface area contributed by atoms with Crippen LogP contribution in [-0.2, 0) is 11.9 Å². The highest BCUT2D eigenvalue weighted by Gasteiger charge is 2.37. The number of nitrogens with one attached hydrogen (secondary N) is 1. The SMILES string of the molecule is C[C@](O)(Nc1ncnc(N)c1C#N)c1cc2ncc(Cl)n2nc1-c1ccccc1C(F)(F)F. The Morgan fingerprint density at radius 3 is 2.61 bits per heavy atom. The number of rotatable bonds is 4. The van der Waals surface area contributed by atoms with Crippen molar-refractivity contribution in [2.45, 2.75) is 18.8 Å². The van der Waals surface area contributed by atoms with Crippen LogP contribution >= 0.6 is 11.6 Å². The molecule has 4 rings (SSSR count). The lowest BCUT2D eigenvalue weighted by atomic mass is 9.95. The Bertz CT molecular complexity index is 1410. The monoisotopic (exact) mass is 474 g/mol. The van der Waals surface area contributed by atoms with Gasteiger partial charge in [0, 0.05) is 11.1 Å². The molecule has 4 N–H and O–H groups in total. The van der Waals surface area contributed by atoms with Gasteiger partial charge in [-0.15, -0.1) is 0 Å². The van der Waals surface area contributed by atoms with Crippen LogP contribution in [-0.4, -0.2) is 29.7 Å². The summed E-state index contributed by atoms with van der Waals surface area (Å²) >= 11 is 6.09. The molecule has 13 heteroatoms. The van der Waals surface area contributed by atoms with Gasteiger partial charge in [0.25, 0.3) is 0 Å². The van der Waals surface area contributed by atoms with Crippen molar-refractivity contribution in [3.8, 4) is 17.3 Å². The van der Waals surface area contributed by atoms with Crippen molar-refractivity contribution < 1.29 is 18.3 Å². The van der Waals surface area contributed by atoms with Crippen molar-refractivity contribution in [3.63, 3.8) is 0 Å². The number of imidazole rings is 1. The maximum atomic E-state index is 13.8. The molecule has 9 nitrogen and oxygen atoms in total. The first-order valence-corrected chi connectivity index (χ1v) is 9.63. The van der Waals surface area contributed by atoms with Gasteiger partial charge >= 0.3 is 6.18 Å². The van der Waals surface area contributed by atoms with E-state index >= 15 is 0 Å². The summed E-state index contributed by atoms with van der Waals surface area (Å²) in [5, 5.41) is 27.7. The lowest BCUT2D eigenvalue weighted by molar-refractivity contribution is -0.137. The van der Waals surface area contributed by atoms with Crippen LogP contribution in [0.1, 0.15) is 23.6 Å². The number of nitrogen functional groups attached to an aromatic ring is 1. The molecule has 0 radical (unpaired) electrons. The van der Waals surface area contributed by atoms with Gasteiger partial charge in [-0.1, -0.05) is 29.8 Å². The van der Waals surface area contributed by atoms with Gasteiger partial charge in [0.05, 0.1) is 11.8 Å².